The highest BCUT2D eigenvalue weighted by atomic mass is 32.3. The van der Waals surface area contributed by atoms with Crippen LogP contribution in [0.5, 0.6) is 0 Å². The maximum absolute atomic E-state index is 12.1. The summed E-state index contributed by atoms with van der Waals surface area (Å²) in [5.74, 6) is -0.724. The number of halogens is 4. The summed E-state index contributed by atoms with van der Waals surface area (Å²) in [7, 11) is -4.58. The standard InChI is InChI=1S/C9H8F4O2S/c10-9(11,12)8-3-1-7(2-4-8)5-6-16(13,14)15/h1-4H,5-6H2. The van der Waals surface area contributed by atoms with Crippen LogP contribution in [0, 0.1) is 0 Å². The predicted octanol–water partition coefficient (Wildman–Crippen LogP) is 2.55. The number of hydrogen-bond donors (Lipinski definition) is 0. The number of rotatable bonds is 3. The molecule has 0 radical (unpaired) electrons. The molecule has 0 fully saturated rings. The van der Waals surface area contributed by atoms with E-state index in [4.69, 9.17) is 0 Å². The van der Waals surface area contributed by atoms with E-state index in [2.05, 4.69) is 0 Å². The Balaban J connectivity index is 2.73. The molecule has 0 aliphatic carbocycles. The first-order valence-corrected chi connectivity index (χ1v) is 5.82. The third-order valence-electron chi connectivity index (χ3n) is 1.92. The average Bonchev–Trinajstić information content (AvgIpc) is 2.13. The summed E-state index contributed by atoms with van der Waals surface area (Å²) in [6.45, 7) is 0. The highest BCUT2D eigenvalue weighted by Crippen LogP contribution is 2.29. The van der Waals surface area contributed by atoms with Gasteiger partial charge in [0.2, 0.25) is 0 Å². The highest BCUT2D eigenvalue weighted by Gasteiger charge is 2.29. The van der Waals surface area contributed by atoms with Crippen molar-refractivity contribution in [2.75, 3.05) is 5.75 Å². The lowest BCUT2D eigenvalue weighted by Crippen LogP contribution is -2.06. The topological polar surface area (TPSA) is 34.1 Å². The first-order chi connectivity index (χ1) is 7.18. The van der Waals surface area contributed by atoms with Crippen LogP contribution >= 0.6 is 0 Å². The number of alkyl halides is 3. The van der Waals surface area contributed by atoms with Crippen molar-refractivity contribution in [3.8, 4) is 0 Å². The first-order valence-electron chi connectivity index (χ1n) is 4.27. The molecule has 1 aromatic rings. The van der Waals surface area contributed by atoms with Crippen LogP contribution in [0.25, 0.3) is 0 Å². The second-order valence-corrected chi connectivity index (χ2v) is 4.67. The Bertz CT molecular complexity index is 447. The molecular weight excluding hydrogens is 248 g/mol. The van der Waals surface area contributed by atoms with Crippen LogP contribution in [0.4, 0.5) is 17.1 Å². The Morgan fingerprint density at radius 1 is 1.06 bits per heavy atom. The molecule has 0 saturated heterocycles. The molecule has 0 atom stereocenters. The summed E-state index contributed by atoms with van der Waals surface area (Å²) >= 11 is 0. The maximum Gasteiger partial charge on any atom is 0.416 e. The van der Waals surface area contributed by atoms with E-state index >= 15 is 0 Å². The van der Waals surface area contributed by atoms with Crippen LogP contribution in [0.2, 0.25) is 0 Å². The minimum absolute atomic E-state index is 0.142. The molecule has 0 heterocycles. The van der Waals surface area contributed by atoms with Gasteiger partial charge in [-0.05, 0) is 24.1 Å². The van der Waals surface area contributed by atoms with Crippen molar-refractivity contribution in [3.05, 3.63) is 35.4 Å². The molecule has 0 bridgehead atoms. The van der Waals surface area contributed by atoms with E-state index in [1.165, 1.54) is 0 Å². The molecule has 16 heavy (non-hydrogen) atoms. The zero-order chi connectivity index (χ0) is 12.4. The van der Waals surface area contributed by atoms with Crippen molar-refractivity contribution in [1.29, 1.82) is 0 Å². The summed E-state index contributed by atoms with van der Waals surface area (Å²) in [6, 6.07) is 3.93. The average molecular weight is 256 g/mol. The Labute approximate surface area is 90.1 Å². The molecule has 90 valence electrons. The van der Waals surface area contributed by atoms with Gasteiger partial charge in [0.25, 0.3) is 0 Å². The van der Waals surface area contributed by atoms with Crippen LogP contribution in [0.1, 0.15) is 11.1 Å². The van der Waals surface area contributed by atoms with Gasteiger partial charge in [0, 0.05) is 0 Å². The van der Waals surface area contributed by atoms with Crippen molar-refractivity contribution in [2.24, 2.45) is 0 Å². The van der Waals surface area contributed by atoms with Gasteiger partial charge in [0.05, 0.1) is 11.3 Å². The maximum atomic E-state index is 12.1. The summed E-state index contributed by atoms with van der Waals surface area (Å²) < 4.78 is 68.9. The summed E-state index contributed by atoms with van der Waals surface area (Å²) in [5.41, 5.74) is -0.478. The minimum atomic E-state index is -4.58. The zero-order valence-electron chi connectivity index (χ0n) is 7.96. The molecule has 2 nitrogen and oxygen atoms in total. The SMILES string of the molecule is O=S(=O)(F)CCc1ccc(C(F)(F)F)cc1. The fourth-order valence-electron chi connectivity index (χ4n) is 1.10. The number of benzene rings is 1. The van der Waals surface area contributed by atoms with Crippen LogP contribution < -0.4 is 0 Å². The summed E-state index contributed by atoms with van der Waals surface area (Å²) in [5, 5.41) is 0. The lowest BCUT2D eigenvalue weighted by molar-refractivity contribution is -0.137. The van der Waals surface area contributed by atoms with Crippen molar-refractivity contribution in [2.45, 2.75) is 12.6 Å². The van der Waals surface area contributed by atoms with Gasteiger partial charge in [0.1, 0.15) is 0 Å². The van der Waals surface area contributed by atoms with Crippen molar-refractivity contribution in [1.82, 2.24) is 0 Å². The normalized spacial score (nSPS) is 12.8. The molecule has 0 amide bonds. The molecule has 1 aromatic carbocycles. The van der Waals surface area contributed by atoms with Gasteiger partial charge < -0.3 is 0 Å². The predicted molar refractivity (Wildman–Crippen MR) is 50.0 cm³/mol. The highest BCUT2D eigenvalue weighted by molar-refractivity contribution is 7.86. The Hall–Kier alpha value is -1.11. The van der Waals surface area contributed by atoms with E-state index in [0.717, 1.165) is 24.3 Å². The van der Waals surface area contributed by atoms with Crippen molar-refractivity contribution >= 4 is 10.2 Å². The Morgan fingerprint density at radius 3 is 1.94 bits per heavy atom. The third-order valence-corrected chi connectivity index (χ3v) is 2.61. The molecule has 0 spiro atoms. The second-order valence-electron chi connectivity index (χ2n) is 3.19. The van der Waals surface area contributed by atoms with Gasteiger partial charge in [-0.1, -0.05) is 12.1 Å². The van der Waals surface area contributed by atoms with Gasteiger partial charge in [-0.15, -0.1) is 3.89 Å². The van der Waals surface area contributed by atoms with Gasteiger partial charge >= 0.3 is 16.4 Å². The smallest absolute Gasteiger partial charge is 0.195 e. The number of aryl methyl sites for hydroxylation is 1. The van der Waals surface area contributed by atoms with E-state index in [1.807, 2.05) is 0 Å². The van der Waals surface area contributed by atoms with E-state index < -0.39 is 27.7 Å². The molecule has 1 rings (SSSR count). The second kappa shape index (κ2) is 4.40. The quantitative estimate of drug-likeness (QED) is 0.615. The van der Waals surface area contributed by atoms with Crippen LogP contribution in [0.15, 0.2) is 24.3 Å². The van der Waals surface area contributed by atoms with Crippen LogP contribution in [0.3, 0.4) is 0 Å². The lowest BCUT2D eigenvalue weighted by Gasteiger charge is -2.06. The third kappa shape index (κ3) is 4.18. The molecule has 0 N–H and O–H groups in total. The van der Waals surface area contributed by atoms with E-state index in [1.54, 1.807) is 0 Å². The zero-order valence-corrected chi connectivity index (χ0v) is 8.78. The van der Waals surface area contributed by atoms with E-state index in [-0.39, 0.29) is 6.42 Å². The molecule has 0 unspecified atom stereocenters. The summed E-state index contributed by atoms with van der Waals surface area (Å²) in [6.07, 6.45) is -4.57. The van der Waals surface area contributed by atoms with Crippen LogP contribution in [-0.2, 0) is 22.8 Å². The van der Waals surface area contributed by atoms with E-state index in [9.17, 15) is 25.5 Å². The largest absolute Gasteiger partial charge is 0.416 e. The minimum Gasteiger partial charge on any atom is -0.195 e. The summed E-state index contributed by atoms with van der Waals surface area (Å²) in [4.78, 5) is 0. The van der Waals surface area contributed by atoms with Crippen molar-refractivity contribution in [3.63, 3.8) is 0 Å². The molecule has 7 heteroatoms. The molecule has 0 aromatic heterocycles. The molecule has 0 aliphatic rings. The molecule has 0 saturated carbocycles. The van der Waals surface area contributed by atoms with Gasteiger partial charge in [0.15, 0.2) is 0 Å². The van der Waals surface area contributed by atoms with Crippen LogP contribution in [-0.4, -0.2) is 14.2 Å². The van der Waals surface area contributed by atoms with Gasteiger partial charge in [-0.25, -0.2) is 0 Å². The Kier molecular flexibility index (Phi) is 3.57. The first kappa shape index (κ1) is 13.0. The van der Waals surface area contributed by atoms with Crippen molar-refractivity contribution < 1.29 is 25.5 Å². The van der Waals surface area contributed by atoms with Gasteiger partial charge in [-0.2, -0.15) is 21.6 Å². The van der Waals surface area contributed by atoms with Gasteiger partial charge in [-0.3, -0.25) is 0 Å². The fourth-order valence-corrected chi connectivity index (χ4v) is 1.58. The van der Waals surface area contributed by atoms with E-state index in [0.29, 0.717) is 5.56 Å². The monoisotopic (exact) mass is 256 g/mol. The molecular formula is C9H8F4O2S. The number of hydrogen-bond acceptors (Lipinski definition) is 2. The molecule has 0 aliphatic heterocycles. The lowest BCUT2D eigenvalue weighted by atomic mass is 10.1. The Morgan fingerprint density at radius 2 is 1.56 bits per heavy atom. The fraction of sp³-hybridized carbons (Fsp3) is 0.333.